The molecule has 1 atom stereocenters. The molecule has 1 N–H and O–H groups in total. The first-order valence-electron chi connectivity index (χ1n) is 8.27. The predicted molar refractivity (Wildman–Crippen MR) is 90.1 cm³/mol. The molecule has 21 heavy (non-hydrogen) atoms. The van der Waals surface area contributed by atoms with Gasteiger partial charge in [0.2, 0.25) is 0 Å². The highest BCUT2D eigenvalue weighted by Crippen LogP contribution is 2.30. The molecule has 1 aromatic rings. The van der Waals surface area contributed by atoms with E-state index in [1.807, 2.05) is 0 Å². The largest absolute Gasteiger partial charge is 0.381 e. The third kappa shape index (κ3) is 4.45. The zero-order valence-electron chi connectivity index (χ0n) is 13.8. The molecule has 0 aromatic heterocycles. The van der Waals surface area contributed by atoms with Crippen LogP contribution in [0, 0.1) is 5.41 Å². The molecule has 1 heterocycles. The first-order chi connectivity index (χ1) is 10.2. The van der Waals surface area contributed by atoms with Gasteiger partial charge in [-0.1, -0.05) is 26.0 Å². The molecule has 3 heteroatoms. The van der Waals surface area contributed by atoms with Crippen molar-refractivity contribution in [3.63, 3.8) is 0 Å². The Hall–Kier alpha value is -1.06. The minimum Gasteiger partial charge on any atom is -0.381 e. The van der Waals surface area contributed by atoms with Gasteiger partial charge in [-0.2, -0.15) is 0 Å². The second kappa shape index (κ2) is 7.81. The minimum absolute atomic E-state index is 0.257. The van der Waals surface area contributed by atoms with Gasteiger partial charge in [-0.05, 0) is 43.5 Å². The van der Waals surface area contributed by atoms with Crippen molar-refractivity contribution >= 4 is 5.69 Å². The van der Waals surface area contributed by atoms with Gasteiger partial charge in [-0.25, -0.2) is 0 Å². The monoisotopic (exact) mass is 290 g/mol. The zero-order chi connectivity index (χ0) is 15.1. The molecule has 1 saturated heterocycles. The van der Waals surface area contributed by atoms with Crippen LogP contribution in [0.2, 0.25) is 0 Å². The fourth-order valence-electron chi connectivity index (χ4n) is 3.08. The molecule has 2 rings (SSSR count). The van der Waals surface area contributed by atoms with Crippen molar-refractivity contribution in [3.8, 4) is 0 Å². The van der Waals surface area contributed by atoms with Gasteiger partial charge in [0, 0.05) is 37.8 Å². The molecule has 1 unspecified atom stereocenters. The number of rotatable bonds is 8. The fraction of sp³-hybridized carbons (Fsp3) is 0.667. The van der Waals surface area contributed by atoms with Crippen molar-refractivity contribution in [2.45, 2.75) is 33.1 Å². The number of anilines is 1. The summed E-state index contributed by atoms with van der Waals surface area (Å²) >= 11 is 0. The maximum Gasteiger partial charge on any atom is 0.0552 e. The Morgan fingerprint density at radius 1 is 1.24 bits per heavy atom. The Bertz CT molecular complexity index is 410. The van der Waals surface area contributed by atoms with Crippen LogP contribution < -0.4 is 10.2 Å². The lowest BCUT2D eigenvalue weighted by atomic mass is 9.86. The van der Waals surface area contributed by atoms with Gasteiger partial charge >= 0.3 is 0 Å². The molecule has 3 nitrogen and oxygen atoms in total. The fourth-order valence-corrected chi connectivity index (χ4v) is 3.08. The van der Waals surface area contributed by atoms with Crippen LogP contribution in [0.5, 0.6) is 0 Å². The Morgan fingerprint density at radius 2 is 2.00 bits per heavy atom. The van der Waals surface area contributed by atoms with Crippen LogP contribution in [0.25, 0.3) is 0 Å². The molecule has 1 aromatic carbocycles. The van der Waals surface area contributed by atoms with E-state index in [4.69, 9.17) is 4.74 Å². The van der Waals surface area contributed by atoms with Crippen LogP contribution in [0.15, 0.2) is 24.3 Å². The van der Waals surface area contributed by atoms with Gasteiger partial charge in [-0.15, -0.1) is 0 Å². The smallest absolute Gasteiger partial charge is 0.0552 e. The van der Waals surface area contributed by atoms with Gasteiger partial charge in [0.1, 0.15) is 0 Å². The number of hydrogen-bond donors (Lipinski definition) is 1. The molecular weight excluding hydrogens is 260 g/mol. The van der Waals surface area contributed by atoms with E-state index in [0.29, 0.717) is 0 Å². The summed E-state index contributed by atoms with van der Waals surface area (Å²) in [4.78, 5) is 2.38. The minimum atomic E-state index is 0.257. The Balaban J connectivity index is 1.98. The van der Waals surface area contributed by atoms with E-state index >= 15 is 0 Å². The second-order valence-electron chi connectivity index (χ2n) is 6.36. The normalized spacial score (nSPS) is 21.7. The summed E-state index contributed by atoms with van der Waals surface area (Å²) in [5, 5.41) is 3.59. The summed E-state index contributed by atoms with van der Waals surface area (Å²) in [6.07, 6.45) is 3.44. The van der Waals surface area contributed by atoms with E-state index in [1.54, 1.807) is 0 Å². The molecule has 1 aliphatic heterocycles. The lowest BCUT2D eigenvalue weighted by Crippen LogP contribution is -2.44. The summed E-state index contributed by atoms with van der Waals surface area (Å²) in [5.41, 5.74) is 2.96. The van der Waals surface area contributed by atoms with Crippen LogP contribution in [0.4, 0.5) is 5.69 Å². The van der Waals surface area contributed by atoms with Gasteiger partial charge in [0.25, 0.3) is 0 Å². The van der Waals surface area contributed by atoms with Crippen LogP contribution in [-0.2, 0) is 11.2 Å². The molecule has 1 fully saturated rings. The first-order valence-corrected chi connectivity index (χ1v) is 8.27. The van der Waals surface area contributed by atoms with Crippen molar-refractivity contribution in [1.82, 2.24) is 5.32 Å². The molecule has 0 bridgehead atoms. The van der Waals surface area contributed by atoms with Crippen molar-refractivity contribution in [2.75, 3.05) is 44.8 Å². The maximum absolute atomic E-state index is 5.70. The van der Waals surface area contributed by atoms with Crippen LogP contribution in [-0.4, -0.2) is 39.9 Å². The van der Waals surface area contributed by atoms with Crippen molar-refractivity contribution in [1.29, 1.82) is 0 Å². The highest BCUT2D eigenvalue weighted by Gasteiger charge is 2.35. The van der Waals surface area contributed by atoms with E-state index in [9.17, 15) is 0 Å². The molecule has 118 valence electrons. The van der Waals surface area contributed by atoms with Gasteiger partial charge in [0.15, 0.2) is 0 Å². The average Bonchev–Trinajstić information content (AvgIpc) is 2.96. The number of nitrogens with zero attached hydrogens (tertiary/aromatic N) is 1. The van der Waals surface area contributed by atoms with Crippen molar-refractivity contribution < 1.29 is 4.74 Å². The Morgan fingerprint density at radius 3 is 2.57 bits per heavy atom. The molecule has 0 spiro atoms. The predicted octanol–water partition coefficient (Wildman–Crippen LogP) is 3.09. The van der Waals surface area contributed by atoms with E-state index < -0.39 is 0 Å². The molecular formula is C18H30N2O. The number of benzene rings is 1. The lowest BCUT2D eigenvalue weighted by Gasteiger charge is -2.33. The van der Waals surface area contributed by atoms with E-state index in [1.165, 1.54) is 17.7 Å². The molecule has 0 amide bonds. The van der Waals surface area contributed by atoms with Crippen LogP contribution in [0.1, 0.15) is 32.3 Å². The lowest BCUT2D eigenvalue weighted by molar-refractivity contribution is 0.152. The van der Waals surface area contributed by atoms with E-state index in [0.717, 1.165) is 45.7 Å². The number of nitrogens with one attached hydrogen (secondary N) is 1. The molecule has 0 saturated carbocycles. The van der Waals surface area contributed by atoms with E-state index in [2.05, 4.69) is 55.4 Å². The van der Waals surface area contributed by atoms with Gasteiger partial charge < -0.3 is 15.0 Å². The SMILES string of the molecule is CCCNCC1(CN(C)c2ccc(CC)cc2)CCOC1. The summed E-state index contributed by atoms with van der Waals surface area (Å²) in [7, 11) is 2.20. The third-order valence-electron chi connectivity index (χ3n) is 4.47. The number of ether oxygens (including phenoxy) is 1. The number of hydrogen-bond acceptors (Lipinski definition) is 3. The average molecular weight is 290 g/mol. The molecule has 0 radical (unpaired) electrons. The highest BCUT2D eigenvalue weighted by atomic mass is 16.5. The Labute approximate surface area is 129 Å². The quantitative estimate of drug-likeness (QED) is 0.745. The van der Waals surface area contributed by atoms with Gasteiger partial charge in [0.05, 0.1) is 6.61 Å². The summed E-state index contributed by atoms with van der Waals surface area (Å²) < 4.78 is 5.70. The highest BCUT2D eigenvalue weighted by molar-refractivity contribution is 5.47. The summed E-state index contributed by atoms with van der Waals surface area (Å²) in [6, 6.07) is 8.95. The summed E-state index contributed by atoms with van der Waals surface area (Å²) in [6.45, 7) is 9.39. The van der Waals surface area contributed by atoms with Crippen LogP contribution >= 0.6 is 0 Å². The standard InChI is InChI=1S/C18H30N2O/c1-4-11-19-13-18(10-12-21-15-18)14-20(3)17-8-6-16(5-2)7-9-17/h6-9,19H,4-5,10-15H2,1-3H3. The number of aryl methyl sites for hydroxylation is 1. The molecule has 1 aliphatic rings. The molecule has 0 aliphatic carbocycles. The topological polar surface area (TPSA) is 24.5 Å². The third-order valence-corrected chi connectivity index (χ3v) is 4.47. The zero-order valence-corrected chi connectivity index (χ0v) is 13.8. The van der Waals surface area contributed by atoms with Crippen molar-refractivity contribution in [3.05, 3.63) is 29.8 Å². The Kier molecular flexibility index (Phi) is 6.07. The second-order valence-corrected chi connectivity index (χ2v) is 6.36. The maximum atomic E-state index is 5.70. The van der Waals surface area contributed by atoms with Crippen molar-refractivity contribution in [2.24, 2.45) is 5.41 Å². The van der Waals surface area contributed by atoms with Crippen LogP contribution in [0.3, 0.4) is 0 Å². The van der Waals surface area contributed by atoms with Gasteiger partial charge in [-0.3, -0.25) is 0 Å². The first kappa shape index (κ1) is 16.3. The summed E-state index contributed by atoms with van der Waals surface area (Å²) in [5.74, 6) is 0. The van der Waals surface area contributed by atoms with E-state index in [-0.39, 0.29) is 5.41 Å².